The Labute approximate surface area is 70.5 Å². The highest BCUT2D eigenvalue weighted by atomic mass is 16.2. The summed E-state index contributed by atoms with van der Waals surface area (Å²) in [5.74, 6) is -0.922. The predicted octanol–water partition coefficient (Wildman–Crippen LogP) is 0.121. The van der Waals surface area contributed by atoms with Crippen LogP contribution in [-0.4, -0.2) is 11.9 Å². The number of hydrogen-bond acceptors (Lipinski definition) is 3. The van der Waals surface area contributed by atoms with Crippen LogP contribution in [0.15, 0.2) is 0 Å². The third kappa shape index (κ3) is 3.56. The first-order valence-corrected chi connectivity index (χ1v) is 3.59. The number of nitrogens with two attached hydrogens (primary N) is 1. The molecule has 3 N–H and O–H groups in total. The number of nitrogens with one attached hydrogen (secondary N) is 1. The van der Waals surface area contributed by atoms with E-state index in [4.69, 9.17) is 11.0 Å². The fourth-order valence-corrected chi connectivity index (χ4v) is 0.756. The van der Waals surface area contributed by atoms with Crippen LogP contribution in [0.25, 0.3) is 0 Å². The Morgan fingerprint density at radius 1 is 1.67 bits per heavy atom. The number of imide groups is 1. The number of nitriles is 1. The second-order valence-electron chi connectivity index (χ2n) is 2.32. The number of primary amides is 1. The molecule has 66 valence electrons. The first kappa shape index (κ1) is 10.4. The Balaban J connectivity index is 4.04. The van der Waals surface area contributed by atoms with E-state index >= 15 is 0 Å². The molecule has 12 heavy (non-hydrogen) atoms. The van der Waals surface area contributed by atoms with Gasteiger partial charge >= 0.3 is 6.03 Å². The van der Waals surface area contributed by atoms with Gasteiger partial charge in [0.25, 0.3) is 0 Å². The molecule has 0 bridgehead atoms. The van der Waals surface area contributed by atoms with Crippen molar-refractivity contribution in [3.8, 4) is 6.07 Å². The lowest BCUT2D eigenvalue weighted by Crippen LogP contribution is -2.38. The fourth-order valence-electron chi connectivity index (χ4n) is 0.756. The van der Waals surface area contributed by atoms with E-state index in [0.717, 1.165) is 0 Å². The molecule has 0 fully saturated rings. The summed E-state index contributed by atoms with van der Waals surface area (Å²) in [4.78, 5) is 21.3. The SMILES string of the molecule is CCC(CC#N)C(=O)NC(N)=O. The van der Waals surface area contributed by atoms with Crippen molar-refractivity contribution >= 4 is 11.9 Å². The van der Waals surface area contributed by atoms with Gasteiger partial charge in [-0.25, -0.2) is 4.79 Å². The van der Waals surface area contributed by atoms with Crippen molar-refractivity contribution in [1.82, 2.24) is 5.32 Å². The Morgan fingerprint density at radius 2 is 2.25 bits per heavy atom. The number of carbonyl (C=O) groups excluding carboxylic acids is 2. The highest BCUT2D eigenvalue weighted by Gasteiger charge is 2.16. The summed E-state index contributed by atoms with van der Waals surface area (Å²) in [6.45, 7) is 1.77. The van der Waals surface area contributed by atoms with E-state index in [-0.39, 0.29) is 6.42 Å². The summed E-state index contributed by atoms with van der Waals surface area (Å²) in [5, 5.41) is 10.2. The first-order valence-electron chi connectivity index (χ1n) is 3.59. The Morgan fingerprint density at radius 3 is 2.58 bits per heavy atom. The summed E-state index contributed by atoms with van der Waals surface area (Å²) in [7, 11) is 0. The molecule has 3 amide bonds. The normalized spacial score (nSPS) is 11.3. The van der Waals surface area contributed by atoms with E-state index in [0.29, 0.717) is 6.42 Å². The molecule has 0 rings (SSSR count). The van der Waals surface area contributed by atoms with Gasteiger partial charge in [0.05, 0.1) is 12.0 Å². The van der Waals surface area contributed by atoms with Crippen LogP contribution in [-0.2, 0) is 4.79 Å². The zero-order valence-electron chi connectivity index (χ0n) is 6.83. The third-order valence-corrected chi connectivity index (χ3v) is 1.45. The van der Waals surface area contributed by atoms with E-state index in [9.17, 15) is 9.59 Å². The van der Waals surface area contributed by atoms with Crippen molar-refractivity contribution in [2.75, 3.05) is 0 Å². The van der Waals surface area contributed by atoms with Gasteiger partial charge in [0.2, 0.25) is 5.91 Å². The number of urea groups is 1. The standard InChI is InChI=1S/C7H11N3O2/c1-2-5(3-4-8)6(11)10-7(9)12/h5H,2-3H2,1H3,(H3,9,10,11,12). The van der Waals surface area contributed by atoms with Crippen LogP contribution in [0.2, 0.25) is 0 Å². The molecule has 0 aromatic rings. The van der Waals surface area contributed by atoms with Gasteiger partial charge in [-0.2, -0.15) is 5.26 Å². The first-order chi connectivity index (χ1) is 5.61. The molecule has 0 radical (unpaired) electrons. The third-order valence-electron chi connectivity index (χ3n) is 1.45. The lowest BCUT2D eigenvalue weighted by molar-refractivity contribution is -0.123. The van der Waals surface area contributed by atoms with Crippen molar-refractivity contribution in [3.63, 3.8) is 0 Å². The van der Waals surface area contributed by atoms with Gasteiger partial charge in [0.15, 0.2) is 0 Å². The molecule has 5 heteroatoms. The van der Waals surface area contributed by atoms with E-state index in [1.54, 1.807) is 6.92 Å². The lowest BCUT2D eigenvalue weighted by atomic mass is 10.0. The summed E-state index contributed by atoms with van der Waals surface area (Å²) in [5.41, 5.74) is 4.73. The zero-order valence-corrected chi connectivity index (χ0v) is 6.83. The predicted molar refractivity (Wildman–Crippen MR) is 41.7 cm³/mol. The molecule has 5 nitrogen and oxygen atoms in total. The molecule has 0 saturated heterocycles. The van der Waals surface area contributed by atoms with Crippen LogP contribution >= 0.6 is 0 Å². The molecule has 0 saturated carbocycles. The van der Waals surface area contributed by atoms with Crippen LogP contribution in [0.5, 0.6) is 0 Å². The van der Waals surface area contributed by atoms with Crippen molar-refractivity contribution < 1.29 is 9.59 Å². The van der Waals surface area contributed by atoms with E-state index in [2.05, 4.69) is 0 Å². The second-order valence-corrected chi connectivity index (χ2v) is 2.32. The van der Waals surface area contributed by atoms with Gasteiger partial charge in [-0.15, -0.1) is 0 Å². The van der Waals surface area contributed by atoms with Crippen molar-refractivity contribution in [2.45, 2.75) is 19.8 Å². The molecule has 0 spiro atoms. The van der Waals surface area contributed by atoms with Gasteiger partial charge in [-0.3, -0.25) is 10.1 Å². The maximum Gasteiger partial charge on any atom is 0.318 e. The molecule has 1 unspecified atom stereocenters. The Kier molecular flexibility index (Phi) is 4.46. The summed E-state index contributed by atoms with van der Waals surface area (Å²) in [6.07, 6.45) is 0.627. The van der Waals surface area contributed by atoms with Crippen LogP contribution in [0.3, 0.4) is 0 Å². The summed E-state index contributed by atoms with van der Waals surface area (Å²) < 4.78 is 0. The minimum atomic E-state index is -0.878. The average Bonchev–Trinajstić information content (AvgIpc) is 1.98. The van der Waals surface area contributed by atoms with E-state index in [1.807, 2.05) is 11.4 Å². The molecule has 1 atom stereocenters. The second kappa shape index (κ2) is 5.13. The Hall–Kier alpha value is -1.57. The molecular weight excluding hydrogens is 158 g/mol. The van der Waals surface area contributed by atoms with Gasteiger partial charge in [-0.05, 0) is 6.42 Å². The maximum atomic E-state index is 11.0. The number of carbonyl (C=O) groups is 2. The van der Waals surface area contributed by atoms with Crippen LogP contribution in [0, 0.1) is 17.2 Å². The van der Waals surface area contributed by atoms with Crippen molar-refractivity contribution in [2.24, 2.45) is 11.7 Å². The zero-order chi connectivity index (χ0) is 9.56. The topological polar surface area (TPSA) is 96.0 Å². The minimum Gasteiger partial charge on any atom is -0.351 e. The van der Waals surface area contributed by atoms with Gasteiger partial charge in [0.1, 0.15) is 0 Å². The Bertz CT molecular complexity index is 219. The van der Waals surface area contributed by atoms with Gasteiger partial charge in [0, 0.05) is 6.42 Å². The lowest BCUT2D eigenvalue weighted by Gasteiger charge is -2.08. The smallest absolute Gasteiger partial charge is 0.318 e. The van der Waals surface area contributed by atoms with Gasteiger partial charge < -0.3 is 5.73 Å². The largest absolute Gasteiger partial charge is 0.351 e. The fraction of sp³-hybridized carbons (Fsp3) is 0.571. The highest BCUT2D eigenvalue weighted by molar-refractivity contribution is 5.94. The number of hydrogen-bond donors (Lipinski definition) is 2. The van der Waals surface area contributed by atoms with Crippen molar-refractivity contribution in [1.29, 1.82) is 5.26 Å². The molecule has 0 aliphatic heterocycles. The van der Waals surface area contributed by atoms with E-state index in [1.165, 1.54) is 0 Å². The number of amides is 3. The molecule has 0 aliphatic rings. The monoisotopic (exact) mass is 169 g/mol. The number of rotatable bonds is 3. The molecule has 0 heterocycles. The van der Waals surface area contributed by atoms with Crippen LogP contribution < -0.4 is 11.1 Å². The molecular formula is C7H11N3O2. The quantitative estimate of drug-likeness (QED) is 0.628. The molecule has 0 aliphatic carbocycles. The van der Waals surface area contributed by atoms with Gasteiger partial charge in [-0.1, -0.05) is 6.92 Å². The van der Waals surface area contributed by atoms with Crippen molar-refractivity contribution in [3.05, 3.63) is 0 Å². The molecule has 0 aromatic carbocycles. The van der Waals surface area contributed by atoms with Crippen LogP contribution in [0.1, 0.15) is 19.8 Å². The van der Waals surface area contributed by atoms with E-state index < -0.39 is 17.9 Å². The highest BCUT2D eigenvalue weighted by Crippen LogP contribution is 2.06. The minimum absolute atomic E-state index is 0.107. The summed E-state index contributed by atoms with van der Waals surface area (Å²) >= 11 is 0. The van der Waals surface area contributed by atoms with Crippen LogP contribution in [0.4, 0.5) is 4.79 Å². The molecule has 0 aromatic heterocycles. The average molecular weight is 169 g/mol. The summed E-state index contributed by atoms with van der Waals surface area (Å²) in [6, 6.07) is 0.982. The number of nitrogens with zero attached hydrogens (tertiary/aromatic N) is 1. The maximum absolute atomic E-state index is 11.0.